The van der Waals surface area contributed by atoms with Gasteiger partial charge in [-0.2, -0.15) is 0 Å². The van der Waals surface area contributed by atoms with Crippen LogP contribution in [0, 0.1) is 0 Å². The van der Waals surface area contributed by atoms with Crippen molar-refractivity contribution in [1.29, 1.82) is 0 Å². The van der Waals surface area contributed by atoms with Crippen LogP contribution in [0.2, 0.25) is 0 Å². The van der Waals surface area contributed by atoms with Crippen molar-refractivity contribution in [3.8, 4) is 67.3 Å². The van der Waals surface area contributed by atoms with Gasteiger partial charge in [-0.25, -0.2) is 0 Å². The second kappa shape index (κ2) is 26.1. The van der Waals surface area contributed by atoms with Gasteiger partial charge < -0.3 is 18.3 Å². The number of aromatic nitrogens is 4. The molecule has 0 spiro atoms. The standard InChI is InChI=1S/C58H36N2.C54H34N2/c1-2-16-40(17-3-1)59-54-27-12-10-23-46(54)48-31-29-38(35-57(48)59)37-30-32-56-52(34-37)47-24-11-13-28-55(47)60(56)41-18-14-15-39(33-41)51-36-53-44-21-5-4-19-42(44)43-20-6-8-25-49(43)58(53)50-26-9-7-22-45(50)51;1-2-14-39(15-3-1)55-51-23-10-8-21-46(51)48-29-26-38(34-54(48)55)37-27-30-53-50(33-37)47-22-9-11-24-52(47)56(53)40-16-12-13-35(31-40)36-25-28-45-43-19-5-4-17-41(43)42-18-6-7-20-44(42)49(45)32-36/h1-36H;1-34H. The van der Waals surface area contributed by atoms with E-state index in [1.54, 1.807) is 0 Å². The predicted octanol–water partition coefficient (Wildman–Crippen LogP) is 30.5. The minimum absolute atomic E-state index is 1.15. The molecule has 0 aliphatic heterocycles. The SMILES string of the molecule is c1ccc(-n2c3ccccc3c3ccc(-c4ccc5c(c4)c4ccccc4n5-c4cccc(-c5cc6c7ccccc7c7ccccc7c6c6ccccc56)c4)cc32)cc1.c1ccc(-n2c3ccccc3c3ccc(-c4ccc5c(c4)c4ccccc4n5-c4cccc(-c5ccc6c7ccccc7c7ccccc7c6c5)c4)cc32)cc1. The van der Waals surface area contributed by atoms with Crippen LogP contribution in [0.25, 0.3) is 230 Å². The molecule has 116 heavy (non-hydrogen) atoms. The number of nitrogens with zero attached hydrogens (tertiary/aromatic N) is 4. The van der Waals surface area contributed by atoms with Crippen molar-refractivity contribution >= 4 is 163 Å². The number of rotatable bonds is 8. The predicted molar refractivity (Wildman–Crippen MR) is 495 cm³/mol. The molecule has 0 saturated carbocycles. The largest absolute Gasteiger partial charge is 0.309 e. The highest BCUT2D eigenvalue weighted by Crippen LogP contribution is 2.47. The zero-order valence-electron chi connectivity index (χ0n) is 63.2. The zero-order chi connectivity index (χ0) is 76.1. The normalized spacial score (nSPS) is 12.0. The van der Waals surface area contributed by atoms with Gasteiger partial charge in [0, 0.05) is 65.8 Å². The number of hydrogen-bond acceptors (Lipinski definition) is 0. The lowest BCUT2D eigenvalue weighted by atomic mass is 9.87. The van der Waals surface area contributed by atoms with Crippen LogP contribution in [-0.4, -0.2) is 18.3 Å². The third-order valence-corrected chi connectivity index (χ3v) is 24.7. The molecular formula is C112H70N4. The smallest absolute Gasteiger partial charge is 0.0547 e. The fourth-order valence-electron chi connectivity index (χ4n) is 19.6. The lowest BCUT2D eigenvalue weighted by Crippen LogP contribution is -1.95. The monoisotopic (exact) mass is 1470 g/mol. The summed E-state index contributed by atoms with van der Waals surface area (Å²) in [6.07, 6.45) is 0. The van der Waals surface area contributed by atoms with Gasteiger partial charge in [-0.1, -0.05) is 303 Å². The summed E-state index contributed by atoms with van der Waals surface area (Å²) in [5.41, 5.74) is 23.9. The van der Waals surface area contributed by atoms with Gasteiger partial charge in [0.1, 0.15) is 0 Å². The highest BCUT2D eigenvalue weighted by atomic mass is 15.0. The van der Waals surface area contributed by atoms with Crippen LogP contribution in [0.1, 0.15) is 0 Å². The number of benzene rings is 21. The van der Waals surface area contributed by atoms with Crippen LogP contribution < -0.4 is 0 Å². The Hall–Kier alpha value is -15.4. The molecule has 0 aliphatic carbocycles. The first-order valence-electron chi connectivity index (χ1n) is 40.1. The van der Waals surface area contributed by atoms with Crippen molar-refractivity contribution in [1.82, 2.24) is 18.3 Å². The average molecular weight is 1470 g/mol. The molecule has 0 bridgehead atoms. The third-order valence-electron chi connectivity index (χ3n) is 24.7. The van der Waals surface area contributed by atoms with E-state index in [-0.39, 0.29) is 0 Å². The summed E-state index contributed by atoms with van der Waals surface area (Å²) in [5, 5.41) is 28.1. The van der Waals surface area contributed by atoms with Crippen molar-refractivity contribution in [2.24, 2.45) is 0 Å². The molecule has 0 atom stereocenters. The van der Waals surface area contributed by atoms with E-state index >= 15 is 0 Å². The van der Waals surface area contributed by atoms with Gasteiger partial charge in [0.2, 0.25) is 0 Å². The minimum atomic E-state index is 1.15. The average Bonchev–Trinajstić information content (AvgIpc) is 1.17. The molecule has 0 fully saturated rings. The van der Waals surface area contributed by atoms with E-state index < -0.39 is 0 Å². The van der Waals surface area contributed by atoms with E-state index in [1.165, 1.54) is 219 Å². The van der Waals surface area contributed by atoms with Crippen LogP contribution in [0.5, 0.6) is 0 Å². The van der Waals surface area contributed by atoms with Crippen molar-refractivity contribution < 1.29 is 0 Å². The highest BCUT2D eigenvalue weighted by molar-refractivity contribution is 6.33. The van der Waals surface area contributed by atoms with Crippen LogP contribution in [0.4, 0.5) is 0 Å². The zero-order valence-corrected chi connectivity index (χ0v) is 63.2. The molecule has 4 heterocycles. The molecule has 0 aliphatic rings. The molecule has 0 N–H and O–H groups in total. The molecular weight excluding hydrogens is 1400 g/mol. The Labute approximate surface area is 668 Å². The van der Waals surface area contributed by atoms with Crippen LogP contribution in [0.3, 0.4) is 0 Å². The van der Waals surface area contributed by atoms with Gasteiger partial charge >= 0.3 is 0 Å². The van der Waals surface area contributed by atoms with Crippen molar-refractivity contribution in [3.63, 3.8) is 0 Å². The van der Waals surface area contributed by atoms with E-state index in [4.69, 9.17) is 0 Å². The van der Waals surface area contributed by atoms with Gasteiger partial charge in [0.05, 0.1) is 44.1 Å². The summed E-state index contributed by atoms with van der Waals surface area (Å²) in [6, 6.07) is 156. The van der Waals surface area contributed by atoms with Crippen LogP contribution >= 0.6 is 0 Å². The molecule has 25 aromatic rings. The lowest BCUT2D eigenvalue weighted by molar-refractivity contribution is 1.18. The van der Waals surface area contributed by atoms with Crippen LogP contribution in [0.15, 0.2) is 425 Å². The Morgan fingerprint density at radius 2 is 0.371 bits per heavy atom. The van der Waals surface area contributed by atoms with Gasteiger partial charge in [-0.15, -0.1) is 0 Å². The Balaban J connectivity index is 0.000000134. The highest BCUT2D eigenvalue weighted by Gasteiger charge is 2.22. The summed E-state index contributed by atoms with van der Waals surface area (Å²) in [6.45, 7) is 0. The fourth-order valence-corrected chi connectivity index (χ4v) is 19.6. The molecule has 4 heteroatoms. The van der Waals surface area contributed by atoms with Crippen molar-refractivity contribution in [3.05, 3.63) is 425 Å². The second-order valence-corrected chi connectivity index (χ2v) is 30.9. The molecule has 0 saturated heterocycles. The molecule has 21 aromatic carbocycles. The first kappa shape index (κ1) is 65.4. The molecule has 0 amide bonds. The number of fused-ring (bicyclic) bond motifs is 26. The van der Waals surface area contributed by atoms with Gasteiger partial charge in [-0.3, -0.25) is 0 Å². The van der Waals surface area contributed by atoms with Crippen molar-refractivity contribution in [2.45, 2.75) is 0 Å². The maximum atomic E-state index is 2.45. The van der Waals surface area contributed by atoms with Gasteiger partial charge in [0.15, 0.2) is 0 Å². The Kier molecular flexibility index (Phi) is 14.7. The first-order chi connectivity index (χ1) is 57.6. The molecule has 0 radical (unpaired) electrons. The van der Waals surface area contributed by atoms with E-state index in [0.717, 1.165) is 11.4 Å². The molecule has 4 aromatic heterocycles. The molecule has 4 nitrogen and oxygen atoms in total. The topological polar surface area (TPSA) is 19.7 Å². The summed E-state index contributed by atoms with van der Waals surface area (Å²) in [4.78, 5) is 0. The third kappa shape index (κ3) is 10.1. The van der Waals surface area contributed by atoms with E-state index in [0.29, 0.717) is 0 Å². The number of hydrogen-bond donors (Lipinski definition) is 0. The van der Waals surface area contributed by atoms with E-state index in [9.17, 15) is 0 Å². The lowest BCUT2D eigenvalue weighted by Gasteiger charge is -2.17. The van der Waals surface area contributed by atoms with Gasteiger partial charge in [-0.05, 0) is 241 Å². The van der Waals surface area contributed by atoms with E-state index in [2.05, 4.69) is 443 Å². The minimum Gasteiger partial charge on any atom is -0.309 e. The van der Waals surface area contributed by atoms with Crippen molar-refractivity contribution in [2.75, 3.05) is 0 Å². The summed E-state index contributed by atoms with van der Waals surface area (Å²) >= 11 is 0. The maximum Gasteiger partial charge on any atom is 0.0547 e. The first-order valence-corrected chi connectivity index (χ1v) is 40.1. The molecule has 25 rings (SSSR count). The summed E-state index contributed by atoms with van der Waals surface area (Å²) in [7, 11) is 0. The Morgan fingerprint density at radius 3 is 0.819 bits per heavy atom. The molecule has 538 valence electrons. The van der Waals surface area contributed by atoms with Crippen LogP contribution in [-0.2, 0) is 0 Å². The summed E-state index contributed by atoms with van der Waals surface area (Å²) < 4.78 is 9.67. The summed E-state index contributed by atoms with van der Waals surface area (Å²) in [5.74, 6) is 0. The quantitative estimate of drug-likeness (QED) is 0.135. The number of para-hydroxylation sites is 6. The fraction of sp³-hybridized carbons (Fsp3) is 0. The second-order valence-electron chi connectivity index (χ2n) is 30.9. The maximum absolute atomic E-state index is 2.45. The van der Waals surface area contributed by atoms with E-state index in [1.807, 2.05) is 0 Å². The van der Waals surface area contributed by atoms with Gasteiger partial charge in [0.25, 0.3) is 0 Å². The Morgan fingerprint density at radius 1 is 0.112 bits per heavy atom. The molecule has 0 unspecified atom stereocenters. The Bertz CT molecular complexity index is 8360.